The Labute approximate surface area is 174 Å². The van der Waals surface area contributed by atoms with Crippen molar-refractivity contribution in [3.63, 3.8) is 0 Å². The van der Waals surface area contributed by atoms with E-state index in [-0.39, 0.29) is 26.5 Å². The number of halogens is 3. The van der Waals surface area contributed by atoms with Crippen molar-refractivity contribution >= 4 is 50.7 Å². The number of hydrogen-bond donors (Lipinski definition) is 2. The highest BCUT2D eigenvalue weighted by Gasteiger charge is 2.25. The zero-order valence-electron chi connectivity index (χ0n) is 14.7. The monoisotopic (exact) mass is 448 g/mol. The molecule has 5 nitrogen and oxygen atoms in total. The standard InChI is InChI=1S/C18H19Cl3N2O3S/c1-11(2)23-27(25,26)15-7-6-14(20)16(17(15)21)18(24)22-9-8-12-4-3-5-13(19)10-12/h3-7,10-11,23H,8-9H2,1-2H3,(H,22,24). The molecule has 0 aromatic heterocycles. The van der Waals surface area contributed by atoms with Crippen LogP contribution in [0.3, 0.4) is 0 Å². The van der Waals surface area contributed by atoms with E-state index >= 15 is 0 Å². The minimum absolute atomic E-state index is 0.0729. The average Bonchev–Trinajstić information content (AvgIpc) is 2.53. The van der Waals surface area contributed by atoms with Crippen LogP contribution in [0.1, 0.15) is 29.8 Å². The van der Waals surface area contributed by atoms with Gasteiger partial charge in [0.15, 0.2) is 0 Å². The summed E-state index contributed by atoms with van der Waals surface area (Å²) in [6.45, 7) is 3.68. The van der Waals surface area contributed by atoms with E-state index in [1.807, 2.05) is 12.1 Å². The summed E-state index contributed by atoms with van der Waals surface area (Å²) >= 11 is 18.2. The Morgan fingerprint density at radius 2 is 1.81 bits per heavy atom. The highest BCUT2D eigenvalue weighted by atomic mass is 35.5. The quantitative estimate of drug-likeness (QED) is 0.661. The Kier molecular flexibility index (Phi) is 7.54. The summed E-state index contributed by atoms with van der Waals surface area (Å²) < 4.78 is 27.2. The second-order valence-electron chi connectivity index (χ2n) is 6.15. The van der Waals surface area contributed by atoms with Gasteiger partial charge in [0.25, 0.3) is 5.91 Å². The van der Waals surface area contributed by atoms with Gasteiger partial charge in [0.2, 0.25) is 10.0 Å². The molecule has 0 unspecified atom stereocenters. The Hall–Kier alpha value is -1.31. The first-order valence-electron chi connectivity index (χ1n) is 8.15. The van der Waals surface area contributed by atoms with Crippen LogP contribution in [-0.2, 0) is 16.4 Å². The van der Waals surface area contributed by atoms with E-state index in [2.05, 4.69) is 10.0 Å². The van der Waals surface area contributed by atoms with Gasteiger partial charge in [0.05, 0.1) is 15.6 Å². The Bertz CT molecular complexity index is 947. The number of carbonyl (C=O) groups excluding carboxylic acids is 1. The van der Waals surface area contributed by atoms with Crippen LogP contribution in [0.25, 0.3) is 0 Å². The average molecular weight is 450 g/mol. The lowest BCUT2D eigenvalue weighted by atomic mass is 10.1. The number of benzene rings is 2. The molecule has 0 fully saturated rings. The van der Waals surface area contributed by atoms with E-state index in [4.69, 9.17) is 34.8 Å². The van der Waals surface area contributed by atoms with Gasteiger partial charge in [0.1, 0.15) is 4.90 Å². The van der Waals surface area contributed by atoms with Crippen molar-refractivity contribution < 1.29 is 13.2 Å². The summed E-state index contributed by atoms with van der Waals surface area (Å²) in [4.78, 5) is 12.3. The van der Waals surface area contributed by atoms with Gasteiger partial charge in [0, 0.05) is 17.6 Å². The van der Waals surface area contributed by atoms with Crippen molar-refractivity contribution in [2.45, 2.75) is 31.2 Å². The van der Waals surface area contributed by atoms with E-state index in [0.717, 1.165) is 5.56 Å². The predicted molar refractivity (Wildman–Crippen MR) is 109 cm³/mol. The molecule has 9 heteroatoms. The molecule has 2 aromatic carbocycles. The molecule has 2 aromatic rings. The Morgan fingerprint density at radius 1 is 1.11 bits per heavy atom. The second-order valence-corrected chi connectivity index (χ2v) is 9.05. The molecular formula is C18H19Cl3N2O3S. The second kappa shape index (κ2) is 9.26. The van der Waals surface area contributed by atoms with Crippen LogP contribution in [0.4, 0.5) is 0 Å². The van der Waals surface area contributed by atoms with Crippen LogP contribution in [0, 0.1) is 0 Å². The number of amides is 1. The summed E-state index contributed by atoms with van der Waals surface area (Å²) in [5, 5.41) is 3.17. The summed E-state index contributed by atoms with van der Waals surface area (Å²) in [5.74, 6) is -0.548. The smallest absolute Gasteiger partial charge is 0.254 e. The van der Waals surface area contributed by atoms with E-state index in [1.165, 1.54) is 12.1 Å². The molecule has 146 valence electrons. The molecule has 0 aliphatic rings. The molecule has 2 N–H and O–H groups in total. The first kappa shape index (κ1) is 22.0. The number of hydrogen-bond acceptors (Lipinski definition) is 3. The van der Waals surface area contributed by atoms with E-state index in [0.29, 0.717) is 18.0 Å². The van der Waals surface area contributed by atoms with Gasteiger partial charge in [-0.3, -0.25) is 4.79 Å². The molecule has 0 saturated heterocycles. The first-order valence-corrected chi connectivity index (χ1v) is 10.8. The summed E-state index contributed by atoms with van der Waals surface area (Å²) in [6, 6.07) is 9.58. The maximum atomic E-state index is 12.5. The largest absolute Gasteiger partial charge is 0.352 e. The lowest BCUT2D eigenvalue weighted by Gasteiger charge is -2.14. The van der Waals surface area contributed by atoms with Crippen LogP contribution in [0.5, 0.6) is 0 Å². The molecule has 0 saturated carbocycles. The molecule has 0 heterocycles. The predicted octanol–water partition coefficient (Wildman–Crippen LogP) is 4.31. The van der Waals surface area contributed by atoms with Crippen LogP contribution in [-0.4, -0.2) is 26.9 Å². The van der Waals surface area contributed by atoms with Gasteiger partial charge in [-0.05, 0) is 50.1 Å². The molecule has 0 spiro atoms. The molecule has 1 amide bonds. The fraction of sp³-hybridized carbons (Fsp3) is 0.278. The fourth-order valence-corrected chi connectivity index (χ4v) is 4.82. The van der Waals surface area contributed by atoms with Crippen LogP contribution >= 0.6 is 34.8 Å². The van der Waals surface area contributed by atoms with Gasteiger partial charge in [-0.25, -0.2) is 13.1 Å². The van der Waals surface area contributed by atoms with Crippen molar-refractivity contribution in [3.8, 4) is 0 Å². The van der Waals surface area contributed by atoms with Crippen LogP contribution in [0.15, 0.2) is 41.3 Å². The molecule has 0 atom stereocenters. The minimum atomic E-state index is -3.87. The topological polar surface area (TPSA) is 75.3 Å². The van der Waals surface area contributed by atoms with Gasteiger partial charge in [-0.15, -0.1) is 0 Å². The lowest BCUT2D eigenvalue weighted by Crippen LogP contribution is -2.31. The maximum absolute atomic E-state index is 12.5. The maximum Gasteiger partial charge on any atom is 0.254 e. The number of nitrogens with one attached hydrogen (secondary N) is 2. The molecule has 0 radical (unpaired) electrons. The highest BCUT2D eigenvalue weighted by molar-refractivity contribution is 7.89. The third kappa shape index (κ3) is 5.83. The van der Waals surface area contributed by atoms with E-state index in [1.54, 1.807) is 26.0 Å². The van der Waals surface area contributed by atoms with Crippen molar-refractivity contribution in [1.82, 2.24) is 10.0 Å². The molecule has 27 heavy (non-hydrogen) atoms. The van der Waals surface area contributed by atoms with Crippen molar-refractivity contribution in [2.24, 2.45) is 0 Å². The lowest BCUT2D eigenvalue weighted by molar-refractivity contribution is 0.0954. The zero-order chi connectivity index (χ0) is 20.2. The first-order chi connectivity index (χ1) is 12.6. The molecule has 2 rings (SSSR count). The third-order valence-electron chi connectivity index (χ3n) is 3.55. The van der Waals surface area contributed by atoms with Crippen molar-refractivity contribution in [2.75, 3.05) is 6.54 Å². The fourth-order valence-electron chi connectivity index (χ4n) is 2.42. The van der Waals surface area contributed by atoms with Gasteiger partial charge in [-0.2, -0.15) is 0 Å². The van der Waals surface area contributed by atoms with Crippen molar-refractivity contribution in [1.29, 1.82) is 0 Å². The molecule has 0 aliphatic heterocycles. The molecular weight excluding hydrogens is 431 g/mol. The van der Waals surface area contributed by atoms with E-state index < -0.39 is 15.9 Å². The normalized spacial score (nSPS) is 11.6. The summed E-state index contributed by atoms with van der Waals surface area (Å²) in [5.41, 5.74) is 0.883. The molecule has 0 aliphatic carbocycles. The number of sulfonamides is 1. The zero-order valence-corrected chi connectivity index (χ0v) is 17.8. The Balaban J connectivity index is 2.19. The summed E-state index contributed by atoms with van der Waals surface area (Å²) in [7, 11) is -3.87. The SMILES string of the molecule is CC(C)NS(=O)(=O)c1ccc(Cl)c(C(=O)NCCc2cccc(Cl)c2)c1Cl. The third-order valence-corrected chi connectivity index (χ3v) is 6.31. The number of rotatable bonds is 7. The van der Waals surface area contributed by atoms with Gasteiger partial charge >= 0.3 is 0 Å². The number of carbonyl (C=O) groups is 1. The highest BCUT2D eigenvalue weighted by Crippen LogP contribution is 2.31. The van der Waals surface area contributed by atoms with Gasteiger partial charge < -0.3 is 5.32 Å². The minimum Gasteiger partial charge on any atom is -0.352 e. The van der Waals surface area contributed by atoms with Crippen LogP contribution < -0.4 is 10.0 Å². The van der Waals surface area contributed by atoms with Gasteiger partial charge in [-0.1, -0.05) is 46.9 Å². The Morgan fingerprint density at radius 3 is 2.44 bits per heavy atom. The molecule has 0 bridgehead atoms. The van der Waals surface area contributed by atoms with E-state index in [9.17, 15) is 13.2 Å². The van der Waals surface area contributed by atoms with Crippen LogP contribution in [0.2, 0.25) is 15.1 Å². The summed E-state index contributed by atoms with van der Waals surface area (Å²) in [6.07, 6.45) is 0.550. The van der Waals surface area contributed by atoms with Crippen molar-refractivity contribution in [3.05, 3.63) is 62.6 Å².